The molecule has 0 amide bonds. The van der Waals surface area contributed by atoms with Crippen LogP contribution in [0.15, 0.2) is 23.2 Å². The Balaban J connectivity index is 0.00000312. The number of hydrogen-bond acceptors (Lipinski definition) is 4. The van der Waals surface area contributed by atoms with E-state index in [-0.39, 0.29) is 24.0 Å². The Bertz CT molecular complexity index is 560. The molecule has 1 saturated carbocycles. The fourth-order valence-corrected chi connectivity index (χ4v) is 2.85. The predicted molar refractivity (Wildman–Crippen MR) is 113 cm³/mol. The molecule has 1 aromatic carbocycles. The van der Waals surface area contributed by atoms with Crippen LogP contribution in [0.1, 0.15) is 18.4 Å². The molecule has 1 unspecified atom stereocenters. The van der Waals surface area contributed by atoms with E-state index >= 15 is 0 Å². The van der Waals surface area contributed by atoms with Crippen molar-refractivity contribution in [2.45, 2.75) is 25.4 Å². The molecule has 0 bridgehead atoms. The molecule has 2 rings (SSSR count). The van der Waals surface area contributed by atoms with Crippen LogP contribution >= 0.6 is 24.0 Å². The van der Waals surface area contributed by atoms with Gasteiger partial charge in [-0.2, -0.15) is 0 Å². The number of benzene rings is 1. The highest BCUT2D eigenvalue weighted by atomic mass is 127. The standard InChI is InChI=1S/C18H30N4O2.HI/c1-19-18(21-12-15(22(2)3)14-7-8-14)20-11-13-6-9-16(23-4)17(10-13)24-5;/h6,9-10,14-15H,7-8,11-12H2,1-5H3,(H2,19,20,21);1H. The number of ether oxygens (including phenoxy) is 2. The van der Waals surface area contributed by atoms with Crippen molar-refractivity contribution in [1.29, 1.82) is 0 Å². The molecule has 1 aliphatic rings. The number of likely N-dealkylation sites (N-methyl/N-ethyl adjacent to an activating group) is 1. The molecular weight excluding hydrogens is 431 g/mol. The normalized spacial score (nSPS) is 15.4. The Morgan fingerprint density at radius 2 is 1.88 bits per heavy atom. The molecule has 25 heavy (non-hydrogen) atoms. The number of rotatable bonds is 8. The quantitative estimate of drug-likeness (QED) is 0.353. The number of methoxy groups -OCH3 is 2. The van der Waals surface area contributed by atoms with E-state index in [0.717, 1.165) is 35.5 Å². The number of halogens is 1. The zero-order valence-corrected chi connectivity index (χ0v) is 18.2. The molecule has 0 radical (unpaired) electrons. The van der Waals surface area contributed by atoms with Crippen LogP contribution in [0.25, 0.3) is 0 Å². The lowest BCUT2D eigenvalue weighted by molar-refractivity contribution is 0.264. The lowest BCUT2D eigenvalue weighted by Gasteiger charge is -2.25. The summed E-state index contributed by atoms with van der Waals surface area (Å²) in [4.78, 5) is 6.61. The molecule has 1 fully saturated rings. The third-order valence-electron chi connectivity index (χ3n) is 4.44. The minimum Gasteiger partial charge on any atom is -0.493 e. The number of aliphatic imine (C=N–C) groups is 1. The second-order valence-electron chi connectivity index (χ2n) is 6.36. The van der Waals surface area contributed by atoms with Crippen molar-refractivity contribution in [2.24, 2.45) is 10.9 Å². The molecule has 1 aromatic rings. The summed E-state index contributed by atoms with van der Waals surface area (Å²) >= 11 is 0. The fourth-order valence-electron chi connectivity index (χ4n) is 2.85. The van der Waals surface area contributed by atoms with Crippen molar-refractivity contribution < 1.29 is 9.47 Å². The lowest BCUT2D eigenvalue weighted by atomic mass is 10.1. The molecule has 142 valence electrons. The summed E-state index contributed by atoms with van der Waals surface area (Å²) in [6.45, 7) is 1.58. The Morgan fingerprint density at radius 1 is 1.20 bits per heavy atom. The first-order chi connectivity index (χ1) is 11.6. The monoisotopic (exact) mass is 462 g/mol. The second-order valence-corrected chi connectivity index (χ2v) is 6.36. The van der Waals surface area contributed by atoms with E-state index in [9.17, 15) is 0 Å². The van der Waals surface area contributed by atoms with Gasteiger partial charge in [-0.15, -0.1) is 24.0 Å². The molecule has 2 N–H and O–H groups in total. The first-order valence-corrected chi connectivity index (χ1v) is 8.40. The van der Waals surface area contributed by atoms with Gasteiger partial charge in [-0.25, -0.2) is 0 Å². The van der Waals surface area contributed by atoms with Crippen molar-refractivity contribution in [3.8, 4) is 11.5 Å². The zero-order valence-electron chi connectivity index (χ0n) is 15.8. The van der Waals surface area contributed by atoms with Gasteiger partial charge in [0.1, 0.15) is 0 Å². The van der Waals surface area contributed by atoms with Crippen LogP contribution in [-0.4, -0.2) is 58.8 Å². The molecule has 6 nitrogen and oxygen atoms in total. The Labute approximate surface area is 168 Å². The molecule has 0 aromatic heterocycles. The van der Waals surface area contributed by atoms with E-state index in [1.54, 1.807) is 21.3 Å². The minimum absolute atomic E-state index is 0. The molecule has 0 saturated heterocycles. The van der Waals surface area contributed by atoms with Gasteiger partial charge in [0.25, 0.3) is 0 Å². The smallest absolute Gasteiger partial charge is 0.191 e. The summed E-state index contributed by atoms with van der Waals surface area (Å²) in [7, 11) is 9.37. The summed E-state index contributed by atoms with van der Waals surface area (Å²) in [6, 6.07) is 6.48. The average molecular weight is 462 g/mol. The van der Waals surface area contributed by atoms with E-state index in [1.807, 2.05) is 18.2 Å². The predicted octanol–water partition coefficient (Wildman–Crippen LogP) is 2.33. The summed E-state index contributed by atoms with van der Waals surface area (Å²) in [5, 5.41) is 6.79. The van der Waals surface area contributed by atoms with Crippen molar-refractivity contribution in [2.75, 3.05) is 41.9 Å². The second kappa shape index (κ2) is 10.7. The van der Waals surface area contributed by atoms with Gasteiger partial charge in [-0.3, -0.25) is 4.99 Å². The van der Waals surface area contributed by atoms with Gasteiger partial charge < -0.3 is 25.0 Å². The highest BCUT2D eigenvalue weighted by molar-refractivity contribution is 14.0. The van der Waals surface area contributed by atoms with Crippen molar-refractivity contribution in [3.63, 3.8) is 0 Å². The van der Waals surface area contributed by atoms with E-state index in [4.69, 9.17) is 9.47 Å². The first kappa shape index (κ1) is 21.8. The molecule has 0 aliphatic heterocycles. The number of nitrogens with one attached hydrogen (secondary N) is 2. The minimum atomic E-state index is 0. The summed E-state index contributed by atoms with van der Waals surface area (Å²) < 4.78 is 10.6. The Hall–Kier alpha value is -1.22. The first-order valence-electron chi connectivity index (χ1n) is 8.40. The van der Waals surface area contributed by atoms with Crippen LogP contribution < -0.4 is 20.1 Å². The summed E-state index contributed by atoms with van der Waals surface area (Å²) in [5.74, 6) is 3.11. The molecule has 1 aliphatic carbocycles. The van der Waals surface area contributed by atoms with E-state index in [0.29, 0.717) is 12.6 Å². The van der Waals surface area contributed by atoms with Gasteiger partial charge in [0, 0.05) is 26.2 Å². The SMILES string of the molecule is CN=C(NCc1ccc(OC)c(OC)c1)NCC(C1CC1)N(C)C.I. The fraction of sp³-hybridized carbons (Fsp3) is 0.611. The number of nitrogens with zero attached hydrogens (tertiary/aromatic N) is 2. The maximum atomic E-state index is 5.34. The van der Waals surface area contributed by atoms with Crippen LogP contribution in [0.5, 0.6) is 11.5 Å². The molecular formula is C18H31IN4O2. The summed E-state index contributed by atoms with van der Waals surface area (Å²) in [6.07, 6.45) is 2.67. The van der Waals surface area contributed by atoms with Crippen LogP contribution in [0, 0.1) is 5.92 Å². The molecule has 0 spiro atoms. The van der Waals surface area contributed by atoms with Crippen LogP contribution in [0.2, 0.25) is 0 Å². The Morgan fingerprint density at radius 3 is 2.40 bits per heavy atom. The van der Waals surface area contributed by atoms with Crippen molar-refractivity contribution >= 4 is 29.9 Å². The van der Waals surface area contributed by atoms with Gasteiger partial charge in [0.2, 0.25) is 0 Å². The number of hydrogen-bond donors (Lipinski definition) is 2. The topological polar surface area (TPSA) is 58.1 Å². The van der Waals surface area contributed by atoms with Crippen LogP contribution in [-0.2, 0) is 6.54 Å². The maximum absolute atomic E-state index is 5.34. The van der Waals surface area contributed by atoms with E-state index in [2.05, 4.69) is 34.6 Å². The van der Waals surface area contributed by atoms with Gasteiger partial charge in [-0.05, 0) is 50.6 Å². The molecule has 1 atom stereocenters. The van der Waals surface area contributed by atoms with E-state index < -0.39 is 0 Å². The lowest BCUT2D eigenvalue weighted by Crippen LogP contribution is -2.45. The average Bonchev–Trinajstić information content (AvgIpc) is 3.42. The van der Waals surface area contributed by atoms with Gasteiger partial charge in [0.05, 0.1) is 14.2 Å². The highest BCUT2D eigenvalue weighted by Gasteiger charge is 2.32. The molecule has 7 heteroatoms. The van der Waals surface area contributed by atoms with Gasteiger partial charge >= 0.3 is 0 Å². The maximum Gasteiger partial charge on any atom is 0.191 e. The van der Waals surface area contributed by atoms with Gasteiger partial charge in [0.15, 0.2) is 17.5 Å². The summed E-state index contributed by atoms with van der Waals surface area (Å²) in [5.41, 5.74) is 1.11. The number of guanidine groups is 1. The van der Waals surface area contributed by atoms with Crippen LogP contribution in [0.4, 0.5) is 0 Å². The third kappa shape index (κ3) is 6.54. The van der Waals surface area contributed by atoms with Crippen LogP contribution in [0.3, 0.4) is 0 Å². The van der Waals surface area contributed by atoms with E-state index in [1.165, 1.54) is 12.8 Å². The van der Waals surface area contributed by atoms with Gasteiger partial charge in [-0.1, -0.05) is 6.07 Å². The van der Waals surface area contributed by atoms with Crippen molar-refractivity contribution in [1.82, 2.24) is 15.5 Å². The Kier molecular flexibility index (Phi) is 9.34. The largest absolute Gasteiger partial charge is 0.493 e. The molecule has 0 heterocycles. The highest BCUT2D eigenvalue weighted by Crippen LogP contribution is 2.34. The zero-order chi connectivity index (χ0) is 17.5. The van der Waals surface area contributed by atoms with Crippen molar-refractivity contribution in [3.05, 3.63) is 23.8 Å². The third-order valence-corrected chi connectivity index (χ3v) is 4.44.